The van der Waals surface area contributed by atoms with E-state index in [1.54, 1.807) is 48.5 Å². The number of imidazole rings is 1. The summed E-state index contributed by atoms with van der Waals surface area (Å²) in [6.07, 6.45) is 2.65. The molecule has 149 valence electrons. The van der Waals surface area contributed by atoms with Crippen molar-refractivity contribution < 1.29 is 18.3 Å². The number of benzene rings is 3. The van der Waals surface area contributed by atoms with Gasteiger partial charge in [-0.15, -0.1) is 0 Å². The Balaban J connectivity index is 1.78. The van der Waals surface area contributed by atoms with Crippen LogP contribution in [0.1, 0.15) is 21.5 Å². The van der Waals surface area contributed by atoms with Crippen LogP contribution in [-0.4, -0.2) is 29.4 Å². The highest BCUT2D eigenvalue weighted by atomic mass is 32.2. The third-order valence-electron chi connectivity index (χ3n) is 5.23. The lowest BCUT2D eigenvalue weighted by Crippen LogP contribution is -2.45. The van der Waals surface area contributed by atoms with Gasteiger partial charge >= 0.3 is 0 Å². The van der Waals surface area contributed by atoms with E-state index in [2.05, 4.69) is 16.3 Å². The quantitative estimate of drug-likeness (QED) is 0.467. The molecule has 8 nitrogen and oxygen atoms in total. The first-order valence-electron chi connectivity index (χ1n) is 8.96. The molecule has 1 aliphatic heterocycles. The fourth-order valence-electron chi connectivity index (χ4n) is 3.84. The van der Waals surface area contributed by atoms with E-state index in [1.807, 2.05) is 0 Å². The normalized spacial score (nSPS) is 18.7. The number of sulfonamides is 1. The molecule has 4 aromatic rings. The summed E-state index contributed by atoms with van der Waals surface area (Å²) in [5.74, 6) is -0.464. The first kappa shape index (κ1) is 18.5. The minimum absolute atomic E-state index is 0.163. The summed E-state index contributed by atoms with van der Waals surface area (Å²) in [4.78, 5) is 21.3. The third kappa shape index (κ3) is 2.57. The Bertz CT molecular complexity index is 1430. The summed E-state index contributed by atoms with van der Waals surface area (Å²) >= 11 is 0. The van der Waals surface area contributed by atoms with Gasteiger partial charge in [0, 0.05) is 22.4 Å². The van der Waals surface area contributed by atoms with Gasteiger partial charge in [0.1, 0.15) is 0 Å². The number of aromatic nitrogens is 2. The van der Waals surface area contributed by atoms with Crippen LogP contribution in [0.15, 0.2) is 71.6 Å². The van der Waals surface area contributed by atoms with Crippen LogP contribution >= 0.6 is 0 Å². The van der Waals surface area contributed by atoms with Crippen LogP contribution in [0.2, 0.25) is 0 Å². The number of aliphatic hydroxyl groups is 1. The third-order valence-corrected chi connectivity index (χ3v) is 6.14. The standard InChI is InChI=1S/C21H15N4O4S/c22-30(28,29)15-5-3-4-14(11-15)25-20(26)16-6-1-2-7-17(16)21(25,27)13-8-9-18-19(10-13)24-12-23-18/h1-11,27H,(H,23,24)(H2,22,28,29). The maximum Gasteiger partial charge on any atom is 0.261 e. The van der Waals surface area contributed by atoms with Crippen LogP contribution in [0, 0.1) is 6.33 Å². The van der Waals surface area contributed by atoms with E-state index in [1.165, 1.54) is 23.1 Å². The highest BCUT2D eigenvalue weighted by molar-refractivity contribution is 7.89. The molecule has 0 fully saturated rings. The van der Waals surface area contributed by atoms with Gasteiger partial charge in [-0.1, -0.05) is 30.3 Å². The van der Waals surface area contributed by atoms with Crippen molar-refractivity contribution in [2.75, 3.05) is 4.90 Å². The summed E-state index contributed by atoms with van der Waals surface area (Å²) in [5.41, 5.74) is 0.703. The molecule has 4 N–H and O–H groups in total. The minimum Gasteiger partial charge on any atom is -0.363 e. The van der Waals surface area contributed by atoms with Crippen molar-refractivity contribution in [3.63, 3.8) is 0 Å². The summed E-state index contributed by atoms with van der Waals surface area (Å²) in [6.45, 7) is 0. The number of hydrogen-bond acceptors (Lipinski definition) is 5. The van der Waals surface area contributed by atoms with Crippen molar-refractivity contribution >= 4 is 32.7 Å². The number of nitrogens with zero attached hydrogens (tertiary/aromatic N) is 2. The predicted molar refractivity (Wildman–Crippen MR) is 109 cm³/mol. The Kier molecular flexibility index (Phi) is 3.84. The zero-order valence-corrected chi connectivity index (χ0v) is 16.2. The number of nitrogens with two attached hydrogens (primary N) is 1. The van der Waals surface area contributed by atoms with Gasteiger partial charge in [0.05, 0.1) is 15.9 Å². The number of fused-ring (bicyclic) bond motifs is 2. The van der Waals surface area contributed by atoms with E-state index in [4.69, 9.17) is 5.14 Å². The number of anilines is 1. The largest absolute Gasteiger partial charge is 0.363 e. The molecule has 2 heterocycles. The number of aromatic amines is 1. The molecule has 9 heteroatoms. The van der Waals surface area contributed by atoms with Gasteiger partial charge in [0.2, 0.25) is 10.0 Å². The van der Waals surface area contributed by atoms with Gasteiger partial charge in [0.15, 0.2) is 12.1 Å². The van der Waals surface area contributed by atoms with Crippen LogP contribution < -0.4 is 10.0 Å². The summed E-state index contributed by atoms with van der Waals surface area (Å²) in [7, 11) is -4.00. The molecule has 1 radical (unpaired) electrons. The molecule has 0 saturated carbocycles. The minimum atomic E-state index is -4.00. The summed E-state index contributed by atoms with van der Waals surface area (Å²) in [5, 5.41) is 17.2. The summed E-state index contributed by atoms with van der Waals surface area (Å²) < 4.78 is 23.7. The Hall–Kier alpha value is -3.53. The first-order chi connectivity index (χ1) is 14.3. The second kappa shape index (κ2) is 6.23. The van der Waals surface area contributed by atoms with E-state index < -0.39 is 21.7 Å². The van der Waals surface area contributed by atoms with Crippen molar-refractivity contribution in [3.8, 4) is 0 Å². The molecule has 0 spiro atoms. The number of carbonyl (C=O) groups is 1. The average molecular weight is 419 g/mol. The lowest BCUT2D eigenvalue weighted by Gasteiger charge is -2.35. The maximum atomic E-state index is 13.3. The van der Waals surface area contributed by atoms with Crippen LogP contribution in [-0.2, 0) is 15.7 Å². The number of hydrogen-bond donors (Lipinski definition) is 3. The second-order valence-electron chi connectivity index (χ2n) is 6.98. The van der Waals surface area contributed by atoms with Gasteiger partial charge in [-0.2, -0.15) is 0 Å². The zero-order chi connectivity index (χ0) is 21.1. The van der Waals surface area contributed by atoms with Gasteiger partial charge in [0.25, 0.3) is 5.91 Å². The number of amides is 1. The molecular formula is C21H15N4O4S. The number of H-pyrrole nitrogens is 1. The molecule has 1 amide bonds. The molecule has 1 unspecified atom stereocenters. The second-order valence-corrected chi connectivity index (χ2v) is 8.54. The number of rotatable bonds is 3. The molecule has 1 aliphatic rings. The monoisotopic (exact) mass is 419 g/mol. The van der Waals surface area contributed by atoms with E-state index in [0.29, 0.717) is 22.2 Å². The number of nitrogens with one attached hydrogen (secondary N) is 1. The Labute approximate surface area is 171 Å². The van der Waals surface area contributed by atoms with E-state index >= 15 is 0 Å². The lowest BCUT2D eigenvalue weighted by atomic mass is 9.93. The van der Waals surface area contributed by atoms with Crippen LogP contribution in [0.4, 0.5) is 5.69 Å². The van der Waals surface area contributed by atoms with Crippen molar-refractivity contribution in [1.82, 2.24) is 9.97 Å². The zero-order valence-electron chi connectivity index (χ0n) is 15.4. The Morgan fingerprint density at radius 2 is 1.87 bits per heavy atom. The molecule has 1 aromatic heterocycles. The molecule has 0 bridgehead atoms. The van der Waals surface area contributed by atoms with Gasteiger partial charge in [-0.3, -0.25) is 9.69 Å². The maximum absolute atomic E-state index is 13.3. The van der Waals surface area contributed by atoms with Crippen molar-refractivity contribution in [2.24, 2.45) is 5.14 Å². The summed E-state index contributed by atoms with van der Waals surface area (Å²) in [6, 6.07) is 17.4. The average Bonchev–Trinajstić information content (AvgIpc) is 3.29. The predicted octanol–water partition coefficient (Wildman–Crippen LogP) is 1.86. The molecule has 0 saturated heterocycles. The van der Waals surface area contributed by atoms with Crippen molar-refractivity contribution in [1.29, 1.82) is 0 Å². The number of carbonyl (C=O) groups excluding carboxylic acids is 1. The van der Waals surface area contributed by atoms with Crippen LogP contribution in [0.3, 0.4) is 0 Å². The van der Waals surface area contributed by atoms with Gasteiger partial charge in [-0.25, -0.2) is 18.5 Å². The Morgan fingerprint density at radius 1 is 1.07 bits per heavy atom. The highest BCUT2D eigenvalue weighted by Crippen LogP contribution is 2.45. The molecule has 1 atom stereocenters. The molecule has 5 rings (SSSR count). The number of primary sulfonamides is 1. The molecule has 30 heavy (non-hydrogen) atoms. The molecular weight excluding hydrogens is 404 g/mol. The smallest absolute Gasteiger partial charge is 0.261 e. The topological polar surface area (TPSA) is 129 Å². The SMILES string of the molecule is NS(=O)(=O)c1cccc(N2C(=O)c3ccccc3C2(O)c2ccc3[nH][c]nc3c2)c1. The lowest BCUT2D eigenvalue weighted by molar-refractivity contribution is 0.0704. The van der Waals surface area contributed by atoms with Crippen molar-refractivity contribution in [3.05, 3.63) is 89.7 Å². The highest BCUT2D eigenvalue weighted by Gasteiger charge is 2.50. The molecule has 0 aliphatic carbocycles. The fraction of sp³-hybridized carbons (Fsp3) is 0.0476. The van der Waals surface area contributed by atoms with E-state index in [0.717, 1.165) is 5.52 Å². The van der Waals surface area contributed by atoms with Gasteiger partial charge < -0.3 is 10.1 Å². The van der Waals surface area contributed by atoms with E-state index in [-0.39, 0.29) is 10.6 Å². The van der Waals surface area contributed by atoms with E-state index in [9.17, 15) is 18.3 Å². The first-order valence-corrected chi connectivity index (χ1v) is 10.5. The van der Waals surface area contributed by atoms with Crippen LogP contribution in [0.25, 0.3) is 11.0 Å². The van der Waals surface area contributed by atoms with Gasteiger partial charge in [-0.05, 0) is 36.4 Å². The molecule has 3 aromatic carbocycles. The Morgan fingerprint density at radius 3 is 2.67 bits per heavy atom. The fourth-order valence-corrected chi connectivity index (χ4v) is 4.40. The van der Waals surface area contributed by atoms with Crippen LogP contribution in [0.5, 0.6) is 0 Å². The van der Waals surface area contributed by atoms with Crippen molar-refractivity contribution in [2.45, 2.75) is 10.6 Å².